The lowest BCUT2D eigenvalue weighted by Crippen LogP contribution is -2.28. The summed E-state index contributed by atoms with van der Waals surface area (Å²) in [7, 11) is -3.31. The summed E-state index contributed by atoms with van der Waals surface area (Å²) in [5.41, 5.74) is 2.28. The average molecular weight is 384 g/mol. The average Bonchev–Trinajstić information content (AvgIpc) is 3.03. The minimum absolute atomic E-state index is 0.0149. The third-order valence-corrected chi connectivity index (χ3v) is 6.72. The molecular formula is C20H20N2O4S. The largest absolute Gasteiger partial charge is 0.436 e. The first-order valence-corrected chi connectivity index (χ1v) is 10.7. The topological polar surface area (TPSA) is 89.3 Å². The predicted octanol–water partition coefficient (Wildman–Crippen LogP) is 4.03. The summed E-state index contributed by atoms with van der Waals surface area (Å²) in [5, 5.41) is 2.97. The molecule has 3 aromatic rings. The molecule has 0 spiro atoms. The van der Waals surface area contributed by atoms with E-state index in [4.69, 9.17) is 4.42 Å². The number of hydrogen-bond acceptors (Lipinski definition) is 5. The maximum atomic E-state index is 12.3. The molecule has 1 amide bonds. The van der Waals surface area contributed by atoms with Crippen LogP contribution in [0.15, 0.2) is 51.8 Å². The maximum absolute atomic E-state index is 12.3. The van der Waals surface area contributed by atoms with Crippen LogP contribution in [0.4, 0.5) is 5.69 Å². The van der Waals surface area contributed by atoms with Crippen LogP contribution in [0.25, 0.3) is 22.6 Å². The first kappa shape index (κ1) is 17.7. The van der Waals surface area contributed by atoms with Crippen molar-refractivity contribution in [3.8, 4) is 11.5 Å². The molecule has 1 aromatic heterocycles. The van der Waals surface area contributed by atoms with Gasteiger partial charge in [-0.25, -0.2) is 13.4 Å². The monoisotopic (exact) mass is 384 g/mol. The number of sulfone groups is 1. The minimum Gasteiger partial charge on any atom is -0.436 e. The van der Waals surface area contributed by atoms with E-state index in [1.165, 1.54) is 12.1 Å². The molecular weight excluding hydrogens is 364 g/mol. The van der Waals surface area contributed by atoms with E-state index >= 15 is 0 Å². The highest BCUT2D eigenvalue weighted by Crippen LogP contribution is 2.33. The highest BCUT2D eigenvalue weighted by Gasteiger charge is 2.26. The normalized spacial score (nSPS) is 14.9. The summed E-state index contributed by atoms with van der Waals surface area (Å²) in [4.78, 5) is 17.0. The maximum Gasteiger partial charge on any atom is 0.229 e. The van der Waals surface area contributed by atoms with E-state index in [9.17, 15) is 13.2 Å². The van der Waals surface area contributed by atoms with Gasteiger partial charge in [-0.3, -0.25) is 4.79 Å². The van der Waals surface area contributed by atoms with Crippen molar-refractivity contribution in [2.24, 2.45) is 5.92 Å². The van der Waals surface area contributed by atoms with Crippen molar-refractivity contribution in [2.45, 2.75) is 31.1 Å². The zero-order valence-electron chi connectivity index (χ0n) is 14.9. The molecule has 0 unspecified atom stereocenters. The lowest BCUT2D eigenvalue weighted by Gasteiger charge is -2.24. The van der Waals surface area contributed by atoms with Gasteiger partial charge in [0.2, 0.25) is 11.8 Å². The molecule has 1 fully saturated rings. The minimum atomic E-state index is -3.31. The zero-order chi connectivity index (χ0) is 19.0. The van der Waals surface area contributed by atoms with E-state index in [1.807, 2.05) is 24.3 Å². The van der Waals surface area contributed by atoms with Gasteiger partial charge in [0, 0.05) is 5.92 Å². The number of benzene rings is 2. The zero-order valence-corrected chi connectivity index (χ0v) is 15.8. The van der Waals surface area contributed by atoms with Crippen molar-refractivity contribution >= 4 is 32.5 Å². The Kier molecular flexibility index (Phi) is 4.47. The fourth-order valence-corrected chi connectivity index (χ4v) is 3.97. The lowest BCUT2D eigenvalue weighted by atomic mass is 9.85. The number of fused-ring (bicyclic) bond motifs is 1. The van der Waals surface area contributed by atoms with E-state index in [0.29, 0.717) is 28.2 Å². The molecule has 1 aliphatic rings. The molecule has 1 heterocycles. The molecule has 6 nitrogen and oxygen atoms in total. The van der Waals surface area contributed by atoms with Crippen molar-refractivity contribution in [1.29, 1.82) is 0 Å². The fourth-order valence-electron chi connectivity index (χ4n) is 3.07. The van der Waals surface area contributed by atoms with Gasteiger partial charge in [-0.15, -0.1) is 0 Å². The molecule has 0 bridgehead atoms. The Morgan fingerprint density at radius 1 is 1.22 bits per heavy atom. The van der Waals surface area contributed by atoms with Crippen molar-refractivity contribution in [3.05, 3.63) is 42.5 Å². The molecule has 0 saturated heterocycles. The molecule has 4 rings (SSSR count). The van der Waals surface area contributed by atoms with Gasteiger partial charge in [0.25, 0.3) is 0 Å². The number of amides is 1. The summed E-state index contributed by atoms with van der Waals surface area (Å²) in [6.45, 7) is 1.61. The van der Waals surface area contributed by atoms with Crippen LogP contribution < -0.4 is 5.32 Å². The second kappa shape index (κ2) is 6.81. The third kappa shape index (κ3) is 3.35. The van der Waals surface area contributed by atoms with Crippen LogP contribution in [-0.4, -0.2) is 25.1 Å². The number of hydrogen-bond donors (Lipinski definition) is 1. The molecule has 27 heavy (non-hydrogen) atoms. The number of anilines is 1. The van der Waals surface area contributed by atoms with Gasteiger partial charge >= 0.3 is 0 Å². The Morgan fingerprint density at radius 2 is 2.00 bits per heavy atom. The summed E-state index contributed by atoms with van der Waals surface area (Å²) in [6, 6.07) is 12.0. The molecule has 2 aromatic carbocycles. The Labute approximate surface area is 157 Å². The molecule has 140 valence electrons. The van der Waals surface area contributed by atoms with Crippen molar-refractivity contribution < 1.29 is 17.6 Å². The quantitative estimate of drug-likeness (QED) is 0.717. The molecule has 0 radical (unpaired) electrons. The second-order valence-corrected chi connectivity index (χ2v) is 8.99. The van der Waals surface area contributed by atoms with Gasteiger partial charge in [-0.2, -0.15) is 0 Å². The van der Waals surface area contributed by atoms with E-state index < -0.39 is 9.84 Å². The van der Waals surface area contributed by atoms with E-state index in [-0.39, 0.29) is 22.5 Å². The summed E-state index contributed by atoms with van der Waals surface area (Å²) in [6.07, 6.45) is 2.94. The smallest absolute Gasteiger partial charge is 0.229 e. The van der Waals surface area contributed by atoms with Crippen LogP contribution in [0.1, 0.15) is 26.2 Å². The number of rotatable bonds is 5. The van der Waals surface area contributed by atoms with Gasteiger partial charge in [-0.1, -0.05) is 25.5 Å². The van der Waals surface area contributed by atoms with Crippen molar-refractivity contribution in [2.75, 3.05) is 11.1 Å². The van der Waals surface area contributed by atoms with Gasteiger partial charge in [0.15, 0.2) is 15.4 Å². The first-order chi connectivity index (χ1) is 13.0. The molecule has 1 N–H and O–H groups in total. The first-order valence-electron chi connectivity index (χ1n) is 9.01. The number of nitrogens with one attached hydrogen (secondary N) is 1. The fraction of sp³-hybridized carbons (Fsp3) is 0.300. The number of carbonyl (C=O) groups excluding carboxylic acids is 1. The molecule has 1 saturated carbocycles. The second-order valence-electron chi connectivity index (χ2n) is 6.71. The van der Waals surface area contributed by atoms with Gasteiger partial charge < -0.3 is 9.73 Å². The van der Waals surface area contributed by atoms with Crippen LogP contribution >= 0.6 is 0 Å². The molecule has 0 aliphatic heterocycles. The van der Waals surface area contributed by atoms with Gasteiger partial charge in [0.1, 0.15) is 5.52 Å². The van der Waals surface area contributed by atoms with E-state index in [2.05, 4.69) is 10.3 Å². The number of carbonyl (C=O) groups is 1. The number of aromatic nitrogens is 1. The Balaban J connectivity index is 1.71. The Bertz CT molecular complexity index is 1110. The van der Waals surface area contributed by atoms with Crippen LogP contribution in [0.2, 0.25) is 0 Å². The lowest BCUT2D eigenvalue weighted by molar-refractivity contribution is -0.122. The SMILES string of the molecule is CCS(=O)(=O)c1ccc2oc(-c3ccccc3NC(=O)C3CCC3)nc2c1. The number of oxazole rings is 1. The highest BCUT2D eigenvalue weighted by molar-refractivity contribution is 7.91. The summed E-state index contributed by atoms with van der Waals surface area (Å²) in [5.74, 6) is 0.462. The van der Waals surface area contributed by atoms with Gasteiger partial charge in [0.05, 0.1) is 21.9 Å². The number of nitrogens with zero attached hydrogens (tertiary/aromatic N) is 1. The van der Waals surface area contributed by atoms with E-state index in [1.54, 1.807) is 13.0 Å². The standard InChI is InChI=1S/C20H20N2O4S/c1-2-27(24,25)14-10-11-18-17(12-14)22-20(26-18)15-8-3-4-9-16(15)21-19(23)13-6-5-7-13/h3-4,8-13H,2,5-7H2,1H3,(H,21,23). The van der Waals surface area contributed by atoms with Crippen LogP contribution in [0.3, 0.4) is 0 Å². The van der Waals surface area contributed by atoms with Crippen LogP contribution in [-0.2, 0) is 14.6 Å². The third-order valence-electron chi connectivity index (χ3n) is 4.99. The van der Waals surface area contributed by atoms with Crippen LogP contribution in [0, 0.1) is 5.92 Å². The predicted molar refractivity (Wildman–Crippen MR) is 103 cm³/mol. The molecule has 0 atom stereocenters. The Hall–Kier alpha value is -2.67. The summed E-state index contributed by atoms with van der Waals surface area (Å²) >= 11 is 0. The highest BCUT2D eigenvalue weighted by atomic mass is 32.2. The van der Waals surface area contributed by atoms with Crippen molar-refractivity contribution in [3.63, 3.8) is 0 Å². The number of para-hydroxylation sites is 1. The van der Waals surface area contributed by atoms with Gasteiger partial charge in [-0.05, 0) is 43.2 Å². The molecule has 1 aliphatic carbocycles. The Morgan fingerprint density at radius 3 is 2.70 bits per heavy atom. The van der Waals surface area contributed by atoms with Crippen LogP contribution in [0.5, 0.6) is 0 Å². The van der Waals surface area contributed by atoms with Crippen molar-refractivity contribution in [1.82, 2.24) is 4.98 Å². The molecule has 7 heteroatoms. The van der Waals surface area contributed by atoms with E-state index in [0.717, 1.165) is 19.3 Å². The summed E-state index contributed by atoms with van der Waals surface area (Å²) < 4.78 is 30.0.